The number of aromatic amines is 1. The van der Waals surface area contributed by atoms with Gasteiger partial charge in [0, 0.05) is 28.7 Å². The number of nitrogens with zero attached hydrogens (tertiary/aromatic N) is 1. The maximum Gasteiger partial charge on any atom is 0.119 e. The summed E-state index contributed by atoms with van der Waals surface area (Å²) in [5.41, 5.74) is 6.64. The van der Waals surface area contributed by atoms with Crippen LogP contribution >= 0.6 is 0 Å². The maximum atomic E-state index is 5.51. The van der Waals surface area contributed by atoms with E-state index in [2.05, 4.69) is 83.0 Å². The maximum absolute atomic E-state index is 5.51. The Morgan fingerprint density at radius 3 is 2.34 bits per heavy atom. The molecule has 1 unspecified atom stereocenters. The average molecular weight is 378 g/mol. The third kappa shape index (κ3) is 2.95. The molecule has 29 heavy (non-hydrogen) atoms. The molecule has 1 aliphatic rings. The summed E-state index contributed by atoms with van der Waals surface area (Å²) in [5, 5.41) is 7.97. The predicted molar refractivity (Wildman–Crippen MR) is 117 cm³/mol. The lowest BCUT2D eigenvalue weighted by atomic mass is 9.68. The fraction of sp³-hybridized carbons (Fsp3) is 0.115. The van der Waals surface area contributed by atoms with Crippen molar-refractivity contribution in [3.05, 3.63) is 113 Å². The number of aromatic nitrogens is 2. The van der Waals surface area contributed by atoms with Crippen LogP contribution in [-0.4, -0.2) is 17.3 Å². The van der Waals surface area contributed by atoms with Crippen LogP contribution in [0, 0.1) is 0 Å². The SMILES string of the molecule is COc1cccc(C2(c3ccccc3)C=Cc3c(-c4ccccc4)n[nH]c3C2)c1. The largest absolute Gasteiger partial charge is 0.497 e. The summed E-state index contributed by atoms with van der Waals surface area (Å²) in [6.07, 6.45) is 5.36. The summed E-state index contributed by atoms with van der Waals surface area (Å²) >= 11 is 0. The quantitative estimate of drug-likeness (QED) is 0.499. The summed E-state index contributed by atoms with van der Waals surface area (Å²) in [4.78, 5) is 0. The molecule has 1 heterocycles. The van der Waals surface area contributed by atoms with Gasteiger partial charge in [-0.3, -0.25) is 5.10 Å². The highest BCUT2D eigenvalue weighted by atomic mass is 16.5. The van der Waals surface area contributed by atoms with Crippen molar-refractivity contribution in [2.45, 2.75) is 11.8 Å². The summed E-state index contributed by atoms with van der Waals surface area (Å²) < 4.78 is 5.51. The van der Waals surface area contributed by atoms with E-state index >= 15 is 0 Å². The zero-order valence-electron chi connectivity index (χ0n) is 16.3. The van der Waals surface area contributed by atoms with Crippen molar-refractivity contribution in [2.75, 3.05) is 7.11 Å². The second-order valence-corrected chi connectivity index (χ2v) is 7.41. The number of methoxy groups -OCH3 is 1. The molecule has 3 nitrogen and oxygen atoms in total. The topological polar surface area (TPSA) is 37.9 Å². The first-order chi connectivity index (χ1) is 14.3. The molecule has 1 aromatic heterocycles. The summed E-state index contributed by atoms with van der Waals surface area (Å²) in [5.74, 6) is 0.867. The van der Waals surface area contributed by atoms with Gasteiger partial charge in [0.2, 0.25) is 0 Å². The Morgan fingerprint density at radius 1 is 0.862 bits per heavy atom. The summed E-state index contributed by atoms with van der Waals surface area (Å²) in [7, 11) is 1.71. The second-order valence-electron chi connectivity index (χ2n) is 7.41. The Labute approximate surface area is 170 Å². The van der Waals surface area contributed by atoms with Crippen molar-refractivity contribution in [2.24, 2.45) is 0 Å². The van der Waals surface area contributed by atoms with Crippen LogP contribution in [0.5, 0.6) is 5.75 Å². The fourth-order valence-corrected chi connectivity index (χ4v) is 4.28. The van der Waals surface area contributed by atoms with Gasteiger partial charge in [0.25, 0.3) is 0 Å². The zero-order valence-corrected chi connectivity index (χ0v) is 16.3. The summed E-state index contributed by atoms with van der Waals surface area (Å²) in [6, 6.07) is 29.4. The fourth-order valence-electron chi connectivity index (χ4n) is 4.28. The third-order valence-electron chi connectivity index (χ3n) is 5.79. The van der Waals surface area contributed by atoms with Crippen molar-refractivity contribution in [1.29, 1.82) is 0 Å². The highest BCUT2D eigenvalue weighted by Gasteiger charge is 2.36. The van der Waals surface area contributed by atoms with Crippen LogP contribution in [0.2, 0.25) is 0 Å². The van der Waals surface area contributed by atoms with Crippen molar-refractivity contribution < 1.29 is 4.74 Å². The van der Waals surface area contributed by atoms with Crippen molar-refractivity contribution in [3.63, 3.8) is 0 Å². The molecular formula is C26H22N2O. The molecule has 3 heteroatoms. The normalized spacial score (nSPS) is 17.7. The Kier molecular flexibility index (Phi) is 4.28. The lowest BCUT2D eigenvalue weighted by Crippen LogP contribution is -2.30. The van der Waals surface area contributed by atoms with E-state index in [1.54, 1.807) is 7.11 Å². The van der Waals surface area contributed by atoms with E-state index in [0.29, 0.717) is 0 Å². The van der Waals surface area contributed by atoms with Gasteiger partial charge in [-0.15, -0.1) is 0 Å². The molecule has 0 bridgehead atoms. The molecule has 0 fully saturated rings. The van der Waals surface area contributed by atoms with E-state index < -0.39 is 0 Å². The van der Waals surface area contributed by atoms with Crippen LogP contribution in [0.15, 0.2) is 91.0 Å². The van der Waals surface area contributed by atoms with E-state index in [1.807, 2.05) is 24.3 Å². The molecule has 0 radical (unpaired) electrons. The van der Waals surface area contributed by atoms with Gasteiger partial charge in [0.15, 0.2) is 0 Å². The minimum absolute atomic E-state index is 0.275. The van der Waals surface area contributed by atoms with Gasteiger partial charge in [-0.2, -0.15) is 5.10 Å². The minimum Gasteiger partial charge on any atom is -0.497 e. The van der Waals surface area contributed by atoms with Crippen molar-refractivity contribution in [3.8, 4) is 17.0 Å². The summed E-state index contributed by atoms with van der Waals surface area (Å²) in [6.45, 7) is 0. The Bertz CT molecular complexity index is 1160. The Hall–Kier alpha value is -3.59. The monoisotopic (exact) mass is 378 g/mol. The van der Waals surface area contributed by atoms with E-state index in [0.717, 1.165) is 29.1 Å². The molecule has 1 aliphatic carbocycles. The molecule has 142 valence electrons. The number of fused-ring (bicyclic) bond motifs is 1. The van der Waals surface area contributed by atoms with Gasteiger partial charge in [-0.05, 0) is 23.3 Å². The van der Waals surface area contributed by atoms with E-state index in [9.17, 15) is 0 Å². The van der Waals surface area contributed by atoms with Crippen LogP contribution in [-0.2, 0) is 11.8 Å². The Balaban J connectivity index is 1.66. The molecule has 0 amide bonds. The molecule has 3 aromatic carbocycles. The van der Waals surface area contributed by atoms with Crippen LogP contribution in [0.1, 0.15) is 22.4 Å². The molecule has 4 aromatic rings. The third-order valence-corrected chi connectivity index (χ3v) is 5.79. The molecule has 5 rings (SSSR count). The highest BCUT2D eigenvalue weighted by Crippen LogP contribution is 2.43. The van der Waals surface area contributed by atoms with Gasteiger partial charge in [0.1, 0.15) is 5.75 Å². The lowest BCUT2D eigenvalue weighted by Gasteiger charge is -2.34. The molecule has 0 spiro atoms. The van der Waals surface area contributed by atoms with Crippen molar-refractivity contribution in [1.82, 2.24) is 10.2 Å². The number of ether oxygens (including phenoxy) is 1. The molecule has 0 saturated heterocycles. The van der Waals surface area contributed by atoms with E-state index in [-0.39, 0.29) is 5.41 Å². The lowest BCUT2D eigenvalue weighted by molar-refractivity contribution is 0.413. The second kappa shape index (κ2) is 7.10. The number of hydrogen-bond donors (Lipinski definition) is 1. The first-order valence-corrected chi connectivity index (χ1v) is 9.82. The van der Waals surface area contributed by atoms with E-state index in [1.165, 1.54) is 16.7 Å². The van der Waals surface area contributed by atoms with Gasteiger partial charge in [-0.1, -0.05) is 84.9 Å². The first-order valence-electron chi connectivity index (χ1n) is 9.82. The smallest absolute Gasteiger partial charge is 0.119 e. The van der Waals surface area contributed by atoms with Crippen LogP contribution in [0.4, 0.5) is 0 Å². The molecule has 1 N–H and O–H groups in total. The number of benzene rings is 3. The van der Waals surface area contributed by atoms with Crippen molar-refractivity contribution >= 4 is 6.08 Å². The Morgan fingerprint density at radius 2 is 1.59 bits per heavy atom. The van der Waals surface area contributed by atoms with Gasteiger partial charge in [0.05, 0.1) is 12.8 Å². The van der Waals surface area contributed by atoms with Crippen LogP contribution in [0.3, 0.4) is 0 Å². The number of nitrogens with one attached hydrogen (secondary N) is 1. The molecule has 1 atom stereocenters. The number of hydrogen-bond acceptors (Lipinski definition) is 2. The number of rotatable bonds is 4. The van der Waals surface area contributed by atoms with Gasteiger partial charge in [-0.25, -0.2) is 0 Å². The predicted octanol–water partition coefficient (Wildman–Crippen LogP) is 5.64. The van der Waals surface area contributed by atoms with Crippen LogP contribution < -0.4 is 4.74 Å². The molecule has 0 saturated carbocycles. The van der Waals surface area contributed by atoms with E-state index in [4.69, 9.17) is 4.74 Å². The average Bonchev–Trinajstić information content (AvgIpc) is 3.23. The van der Waals surface area contributed by atoms with Crippen LogP contribution in [0.25, 0.3) is 17.3 Å². The number of H-pyrrole nitrogens is 1. The first kappa shape index (κ1) is 17.5. The minimum atomic E-state index is -0.275. The zero-order chi connectivity index (χ0) is 19.7. The highest BCUT2D eigenvalue weighted by molar-refractivity contribution is 5.76. The number of allylic oxidation sites excluding steroid dienone is 1. The van der Waals surface area contributed by atoms with Gasteiger partial charge >= 0.3 is 0 Å². The van der Waals surface area contributed by atoms with Gasteiger partial charge < -0.3 is 4.74 Å². The molecular weight excluding hydrogens is 356 g/mol. The molecule has 0 aliphatic heterocycles. The standard InChI is InChI=1S/C26H22N2O/c1-29-22-14-8-13-21(17-22)26(20-11-6-3-7-12-20)16-15-23-24(18-26)27-28-25(23)19-9-4-2-5-10-19/h2-17H,18H2,1H3,(H,27,28).